The minimum atomic E-state index is -0.922. The molecule has 0 aliphatic heterocycles. The molecule has 27 heavy (non-hydrogen) atoms. The largest absolute Gasteiger partial charge is 0.352 e. The molecule has 2 aromatic heterocycles. The number of pyridine rings is 1. The Morgan fingerprint density at radius 2 is 2.00 bits per heavy atom. The first-order valence-corrected chi connectivity index (χ1v) is 8.26. The van der Waals surface area contributed by atoms with Crippen molar-refractivity contribution in [3.8, 4) is 11.3 Å². The van der Waals surface area contributed by atoms with E-state index in [0.717, 1.165) is 17.7 Å². The lowest BCUT2D eigenvalue weighted by atomic mass is 10.2. The summed E-state index contributed by atoms with van der Waals surface area (Å²) in [5.74, 6) is -2.31. The normalized spacial score (nSPS) is 10.6. The maximum atomic E-state index is 13.6. The van der Waals surface area contributed by atoms with Gasteiger partial charge in [-0.25, -0.2) is 13.5 Å². The van der Waals surface area contributed by atoms with Gasteiger partial charge in [0.05, 0.1) is 11.3 Å². The Morgan fingerprint density at radius 1 is 1.15 bits per heavy atom. The maximum Gasteiger partial charge on any atom is 0.266 e. The summed E-state index contributed by atoms with van der Waals surface area (Å²) in [5.41, 5.74) is 0.898. The third kappa shape index (κ3) is 4.60. The molecular weight excluding hydrogens is 354 g/mol. The van der Waals surface area contributed by atoms with Gasteiger partial charge in [0.25, 0.3) is 11.5 Å². The van der Waals surface area contributed by atoms with Crippen LogP contribution >= 0.6 is 0 Å². The molecule has 0 radical (unpaired) electrons. The predicted octanol–water partition coefficient (Wildman–Crippen LogP) is 2.40. The van der Waals surface area contributed by atoms with Crippen molar-refractivity contribution in [3.63, 3.8) is 0 Å². The SMILES string of the molecule is O=C(NCCCn1nc(-c2cccnc2)ccc1=O)c1ccc(F)cc1F. The zero-order valence-corrected chi connectivity index (χ0v) is 14.2. The maximum absolute atomic E-state index is 13.6. The summed E-state index contributed by atoms with van der Waals surface area (Å²) in [6.45, 7) is 0.486. The first-order valence-electron chi connectivity index (χ1n) is 8.26. The molecule has 0 saturated heterocycles. The molecule has 0 bridgehead atoms. The lowest BCUT2D eigenvalue weighted by Crippen LogP contribution is -2.28. The van der Waals surface area contributed by atoms with Gasteiger partial charge in [-0.2, -0.15) is 5.10 Å². The molecule has 0 atom stereocenters. The predicted molar refractivity (Wildman–Crippen MR) is 95.0 cm³/mol. The fourth-order valence-corrected chi connectivity index (χ4v) is 2.48. The number of nitrogens with zero attached hydrogens (tertiary/aromatic N) is 3. The van der Waals surface area contributed by atoms with Gasteiger partial charge in [0, 0.05) is 43.2 Å². The lowest BCUT2D eigenvalue weighted by Gasteiger charge is -2.08. The molecule has 1 aromatic carbocycles. The monoisotopic (exact) mass is 370 g/mol. The van der Waals surface area contributed by atoms with Gasteiger partial charge in [0.15, 0.2) is 0 Å². The van der Waals surface area contributed by atoms with Crippen molar-refractivity contribution in [3.05, 3.63) is 82.4 Å². The number of hydrogen-bond donors (Lipinski definition) is 1. The first kappa shape index (κ1) is 18.4. The molecule has 0 aliphatic rings. The number of benzene rings is 1. The Kier molecular flexibility index (Phi) is 5.65. The molecule has 1 amide bonds. The van der Waals surface area contributed by atoms with Gasteiger partial charge in [-0.05, 0) is 36.8 Å². The van der Waals surface area contributed by atoms with Crippen LogP contribution in [-0.2, 0) is 6.54 Å². The van der Waals surface area contributed by atoms with Crippen molar-refractivity contribution in [1.82, 2.24) is 20.1 Å². The van der Waals surface area contributed by atoms with Crippen molar-refractivity contribution < 1.29 is 13.6 Å². The number of aromatic nitrogens is 3. The summed E-state index contributed by atoms with van der Waals surface area (Å²) in [7, 11) is 0. The van der Waals surface area contributed by atoms with Crippen LogP contribution in [0.15, 0.2) is 59.7 Å². The molecule has 2 heterocycles. The van der Waals surface area contributed by atoms with E-state index in [0.29, 0.717) is 18.2 Å². The number of halogens is 2. The van der Waals surface area contributed by atoms with Crippen LogP contribution in [-0.4, -0.2) is 27.2 Å². The Balaban J connectivity index is 1.59. The highest BCUT2D eigenvalue weighted by Crippen LogP contribution is 2.13. The minimum absolute atomic E-state index is 0.209. The summed E-state index contributed by atoms with van der Waals surface area (Å²) >= 11 is 0. The molecule has 1 N–H and O–H groups in total. The second-order valence-electron chi connectivity index (χ2n) is 5.76. The van der Waals surface area contributed by atoms with Gasteiger partial charge in [0.2, 0.25) is 0 Å². The standard InChI is InChI=1S/C19H16F2N4O2/c20-14-4-5-15(16(21)11-14)19(27)23-9-2-10-25-18(26)7-6-17(24-25)13-3-1-8-22-12-13/h1,3-8,11-12H,2,9-10H2,(H,23,27). The molecule has 8 heteroatoms. The fourth-order valence-electron chi connectivity index (χ4n) is 2.48. The zero-order valence-electron chi connectivity index (χ0n) is 14.2. The quantitative estimate of drug-likeness (QED) is 0.676. The number of carbonyl (C=O) groups excluding carboxylic acids is 1. The second kappa shape index (κ2) is 8.31. The topological polar surface area (TPSA) is 76.9 Å². The van der Waals surface area contributed by atoms with Crippen LogP contribution in [0.4, 0.5) is 8.78 Å². The molecule has 0 aliphatic carbocycles. The molecule has 0 fully saturated rings. The molecule has 3 rings (SSSR count). The lowest BCUT2D eigenvalue weighted by molar-refractivity contribution is 0.0948. The van der Waals surface area contributed by atoms with E-state index < -0.39 is 17.5 Å². The number of aryl methyl sites for hydroxylation is 1. The van der Waals surface area contributed by atoms with Gasteiger partial charge >= 0.3 is 0 Å². The molecule has 0 unspecified atom stereocenters. The minimum Gasteiger partial charge on any atom is -0.352 e. The molecule has 6 nitrogen and oxygen atoms in total. The third-order valence-corrected chi connectivity index (χ3v) is 3.83. The molecule has 3 aromatic rings. The molecule has 0 saturated carbocycles. The van der Waals surface area contributed by atoms with Gasteiger partial charge in [-0.3, -0.25) is 14.6 Å². The zero-order chi connectivity index (χ0) is 19.2. The van der Waals surface area contributed by atoms with Crippen LogP contribution < -0.4 is 10.9 Å². The number of nitrogens with one attached hydrogen (secondary N) is 1. The summed E-state index contributed by atoms with van der Waals surface area (Å²) in [6, 6.07) is 9.41. The summed E-state index contributed by atoms with van der Waals surface area (Å²) in [4.78, 5) is 27.9. The second-order valence-corrected chi connectivity index (χ2v) is 5.76. The highest BCUT2D eigenvalue weighted by atomic mass is 19.1. The number of carbonyl (C=O) groups is 1. The van der Waals surface area contributed by atoms with Crippen LogP contribution in [0.25, 0.3) is 11.3 Å². The average molecular weight is 370 g/mol. The van der Waals surface area contributed by atoms with E-state index in [2.05, 4.69) is 15.4 Å². The highest BCUT2D eigenvalue weighted by Gasteiger charge is 2.12. The molecule has 0 spiro atoms. The third-order valence-electron chi connectivity index (χ3n) is 3.83. The fraction of sp³-hybridized carbons (Fsp3) is 0.158. The van der Waals surface area contributed by atoms with Gasteiger partial charge in [-0.15, -0.1) is 0 Å². The van der Waals surface area contributed by atoms with Crippen molar-refractivity contribution in [2.24, 2.45) is 0 Å². The van der Waals surface area contributed by atoms with Crippen LogP contribution in [0, 0.1) is 11.6 Å². The van der Waals surface area contributed by atoms with Crippen LogP contribution in [0.2, 0.25) is 0 Å². The van der Waals surface area contributed by atoms with E-state index in [1.165, 1.54) is 10.7 Å². The van der Waals surface area contributed by atoms with Gasteiger partial charge < -0.3 is 5.32 Å². The Bertz CT molecular complexity index is 1010. The van der Waals surface area contributed by atoms with E-state index >= 15 is 0 Å². The first-order chi connectivity index (χ1) is 13.0. The number of rotatable bonds is 6. The van der Waals surface area contributed by atoms with Crippen molar-refractivity contribution in [2.75, 3.05) is 6.54 Å². The number of hydrogen-bond acceptors (Lipinski definition) is 4. The number of amides is 1. The van der Waals surface area contributed by atoms with E-state index in [-0.39, 0.29) is 24.2 Å². The van der Waals surface area contributed by atoms with Crippen LogP contribution in [0.3, 0.4) is 0 Å². The van der Waals surface area contributed by atoms with E-state index in [1.54, 1.807) is 24.5 Å². The van der Waals surface area contributed by atoms with Crippen molar-refractivity contribution >= 4 is 5.91 Å². The summed E-state index contributed by atoms with van der Waals surface area (Å²) in [5, 5.41) is 6.83. The van der Waals surface area contributed by atoms with Crippen molar-refractivity contribution in [1.29, 1.82) is 0 Å². The van der Waals surface area contributed by atoms with E-state index in [4.69, 9.17) is 0 Å². The Hall–Kier alpha value is -3.42. The molecule has 138 valence electrons. The highest BCUT2D eigenvalue weighted by molar-refractivity contribution is 5.94. The Morgan fingerprint density at radius 3 is 2.74 bits per heavy atom. The smallest absolute Gasteiger partial charge is 0.266 e. The van der Waals surface area contributed by atoms with Crippen LogP contribution in [0.1, 0.15) is 16.8 Å². The Labute approximate surface area is 153 Å². The van der Waals surface area contributed by atoms with E-state index in [9.17, 15) is 18.4 Å². The summed E-state index contributed by atoms with van der Waals surface area (Å²) < 4.78 is 27.8. The summed E-state index contributed by atoms with van der Waals surface area (Å²) in [6.07, 6.45) is 3.71. The van der Waals surface area contributed by atoms with Gasteiger partial charge in [0.1, 0.15) is 11.6 Å². The molecular formula is C19H16F2N4O2. The van der Waals surface area contributed by atoms with Crippen LogP contribution in [0.5, 0.6) is 0 Å². The average Bonchev–Trinajstić information content (AvgIpc) is 2.67. The van der Waals surface area contributed by atoms with E-state index in [1.807, 2.05) is 6.07 Å². The van der Waals surface area contributed by atoms with Crippen molar-refractivity contribution in [2.45, 2.75) is 13.0 Å². The van der Waals surface area contributed by atoms with Gasteiger partial charge in [-0.1, -0.05) is 0 Å².